The molecule has 4 rings (SSSR count). The van der Waals surface area contributed by atoms with E-state index in [-0.39, 0.29) is 5.91 Å². The van der Waals surface area contributed by atoms with Gasteiger partial charge in [-0.05, 0) is 60.9 Å². The molecule has 31 heavy (non-hydrogen) atoms. The van der Waals surface area contributed by atoms with Crippen LogP contribution in [0.4, 0.5) is 0 Å². The summed E-state index contributed by atoms with van der Waals surface area (Å²) in [6.45, 7) is 7.66. The molecule has 6 heteroatoms. The van der Waals surface area contributed by atoms with Gasteiger partial charge in [-0.1, -0.05) is 33.6 Å². The van der Waals surface area contributed by atoms with Crippen LogP contribution in [0.3, 0.4) is 0 Å². The van der Waals surface area contributed by atoms with Crippen LogP contribution in [0.25, 0.3) is 11.2 Å². The van der Waals surface area contributed by atoms with Crippen molar-refractivity contribution in [2.45, 2.75) is 63.9 Å². The summed E-state index contributed by atoms with van der Waals surface area (Å²) in [4.78, 5) is 26.2. The van der Waals surface area contributed by atoms with E-state index in [0.29, 0.717) is 25.0 Å². The number of carbonyl (C=O) groups is 1. The molecule has 1 aliphatic carbocycles. The molecule has 2 aromatic heterocycles. The summed E-state index contributed by atoms with van der Waals surface area (Å²) >= 11 is 1.79. The molecule has 0 saturated heterocycles. The Morgan fingerprint density at radius 2 is 1.94 bits per heavy atom. The number of hydrogen-bond acceptors (Lipinski definition) is 4. The summed E-state index contributed by atoms with van der Waals surface area (Å²) in [6.07, 6.45) is 6.64. The Labute approximate surface area is 189 Å². The number of rotatable bonds is 8. The van der Waals surface area contributed by atoms with Crippen molar-refractivity contribution in [3.05, 3.63) is 54.0 Å². The molecule has 1 aliphatic rings. The number of carbonyl (C=O) groups excluding carboxylic acids is 1. The lowest BCUT2D eigenvalue weighted by atomic mass is 10.1. The molecule has 164 valence electrons. The van der Waals surface area contributed by atoms with Crippen LogP contribution in [0.1, 0.15) is 68.7 Å². The fourth-order valence-electron chi connectivity index (χ4n) is 4.51. The summed E-state index contributed by atoms with van der Waals surface area (Å²) in [5.74, 6) is 2.42. The highest BCUT2D eigenvalue weighted by Gasteiger charge is 2.26. The van der Waals surface area contributed by atoms with Crippen LogP contribution in [0, 0.1) is 5.92 Å². The third-order valence-corrected chi connectivity index (χ3v) is 6.72. The SMILES string of the molecule is CCSc1ccc(C(=O)N(Cc2nc3cccnc3n2C2CCCC2)CC(C)C)cc1. The maximum Gasteiger partial charge on any atom is 0.254 e. The first-order valence-corrected chi connectivity index (χ1v) is 12.4. The molecule has 0 aliphatic heterocycles. The first kappa shape index (κ1) is 21.9. The van der Waals surface area contributed by atoms with Crippen molar-refractivity contribution in [1.82, 2.24) is 19.4 Å². The second-order valence-corrected chi connectivity index (χ2v) is 10.1. The molecule has 0 spiro atoms. The monoisotopic (exact) mass is 436 g/mol. The molecule has 2 heterocycles. The van der Waals surface area contributed by atoms with Crippen LogP contribution in [-0.2, 0) is 6.54 Å². The Bertz CT molecular complexity index is 1020. The van der Waals surface area contributed by atoms with Gasteiger partial charge in [0.2, 0.25) is 0 Å². The van der Waals surface area contributed by atoms with Crippen LogP contribution in [0.2, 0.25) is 0 Å². The number of aromatic nitrogens is 3. The largest absolute Gasteiger partial charge is 0.331 e. The van der Waals surface area contributed by atoms with Crippen LogP contribution < -0.4 is 0 Å². The van der Waals surface area contributed by atoms with Crippen LogP contribution in [0.5, 0.6) is 0 Å². The second-order valence-electron chi connectivity index (χ2n) is 8.72. The predicted octanol–water partition coefficient (Wildman–Crippen LogP) is 5.96. The molecule has 1 saturated carbocycles. The van der Waals surface area contributed by atoms with Crippen molar-refractivity contribution >= 4 is 28.8 Å². The van der Waals surface area contributed by atoms with Gasteiger partial charge in [-0.15, -0.1) is 11.8 Å². The maximum absolute atomic E-state index is 13.5. The molecule has 1 fully saturated rings. The van der Waals surface area contributed by atoms with E-state index in [1.807, 2.05) is 47.5 Å². The predicted molar refractivity (Wildman–Crippen MR) is 127 cm³/mol. The van der Waals surface area contributed by atoms with E-state index in [4.69, 9.17) is 4.98 Å². The van der Waals surface area contributed by atoms with Crippen molar-refractivity contribution < 1.29 is 4.79 Å². The number of amides is 1. The van der Waals surface area contributed by atoms with Crippen molar-refractivity contribution in [1.29, 1.82) is 0 Å². The quantitative estimate of drug-likeness (QED) is 0.409. The fourth-order valence-corrected chi connectivity index (χ4v) is 5.17. The minimum atomic E-state index is 0.0692. The van der Waals surface area contributed by atoms with Gasteiger partial charge in [0.1, 0.15) is 11.3 Å². The van der Waals surface area contributed by atoms with Crippen LogP contribution in [-0.4, -0.2) is 37.6 Å². The Morgan fingerprint density at radius 3 is 2.61 bits per heavy atom. The second kappa shape index (κ2) is 9.86. The number of fused-ring (bicyclic) bond motifs is 1. The van der Waals surface area contributed by atoms with Crippen molar-refractivity contribution in [2.75, 3.05) is 12.3 Å². The van der Waals surface area contributed by atoms with Gasteiger partial charge in [0.25, 0.3) is 5.91 Å². The first-order chi connectivity index (χ1) is 15.1. The van der Waals surface area contributed by atoms with Gasteiger partial charge in [0.05, 0.1) is 6.54 Å². The Hall–Kier alpha value is -2.34. The summed E-state index contributed by atoms with van der Waals surface area (Å²) in [6, 6.07) is 12.4. The molecule has 0 unspecified atom stereocenters. The molecule has 3 aromatic rings. The minimum absolute atomic E-state index is 0.0692. The number of benzene rings is 1. The first-order valence-electron chi connectivity index (χ1n) is 11.4. The number of imidazole rings is 1. The van der Waals surface area contributed by atoms with Gasteiger partial charge in [0, 0.05) is 29.2 Å². The summed E-state index contributed by atoms with van der Waals surface area (Å²) < 4.78 is 2.31. The standard InChI is InChI=1S/C25H32N4OS/c1-4-31-21-13-11-19(12-14-21)25(30)28(16-18(2)3)17-23-27-22-10-7-15-26-24(22)29(23)20-8-5-6-9-20/h7,10-15,18,20H,4-6,8-9,16-17H2,1-3H3. The van der Waals surface area contributed by atoms with Gasteiger partial charge in [0.15, 0.2) is 5.65 Å². The van der Waals surface area contributed by atoms with Crippen LogP contribution in [0.15, 0.2) is 47.5 Å². The van der Waals surface area contributed by atoms with E-state index < -0.39 is 0 Å². The van der Waals surface area contributed by atoms with Gasteiger partial charge in [-0.25, -0.2) is 9.97 Å². The summed E-state index contributed by atoms with van der Waals surface area (Å²) in [5, 5.41) is 0. The molecule has 0 atom stereocenters. The summed E-state index contributed by atoms with van der Waals surface area (Å²) in [7, 11) is 0. The number of nitrogens with zero attached hydrogens (tertiary/aromatic N) is 4. The van der Waals surface area contributed by atoms with E-state index in [2.05, 4.69) is 30.3 Å². The van der Waals surface area contributed by atoms with Crippen molar-refractivity contribution in [3.8, 4) is 0 Å². The highest BCUT2D eigenvalue weighted by Crippen LogP contribution is 2.33. The topological polar surface area (TPSA) is 51.0 Å². The number of hydrogen-bond donors (Lipinski definition) is 0. The van der Waals surface area contributed by atoms with Crippen molar-refractivity contribution in [3.63, 3.8) is 0 Å². The molecule has 0 N–H and O–H groups in total. The zero-order valence-electron chi connectivity index (χ0n) is 18.8. The molecule has 0 bridgehead atoms. The molecular formula is C25H32N4OS. The molecule has 5 nitrogen and oxygen atoms in total. The average molecular weight is 437 g/mol. The average Bonchev–Trinajstić information content (AvgIpc) is 3.40. The van der Waals surface area contributed by atoms with Gasteiger partial charge >= 0.3 is 0 Å². The van der Waals surface area contributed by atoms with Crippen LogP contribution >= 0.6 is 11.8 Å². The smallest absolute Gasteiger partial charge is 0.254 e. The van der Waals surface area contributed by atoms with E-state index in [1.165, 1.54) is 17.7 Å². The Kier molecular flexibility index (Phi) is 6.96. The van der Waals surface area contributed by atoms with Crippen molar-refractivity contribution in [2.24, 2.45) is 5.92 Å². The highest BCUT2D eigenvalue weighted by atomic mass is 32.2. The van der Waals surface area contributed by atoms with E-state index >= 15 is 0 Å². The van der Waals surface area contributed by atoms with E-state index in [1.54, 1.807) is 11.8 Å². The lowest BCUT2D eigenvalue weighted by Gasteiger charge is -2.26. The van der Waals surface area contributed by atoms with E-state index in [0.717, 1.165) is 41.1 Å². The fraction of sp³-hybridized carbons (Fsp3) is 0.480. The normalized spacial score (nSPS) is 14.6. The maximum atomic E-state index is 13.5. The summed E-state index contributed by atoms with van der Waals surface area (Å²) in [5.41, 5.74) is 2.60. The van der Waals surface area contributed by atoms with Gasteiger partial charge < -0.3 is 9.47 Å². The van der Waals surface area contributed by atoms with Gasteiger partial charge in [-0.2, -0.15) is 0 Å². The minimum Gasteiger partial charge on any atom is -0.331 e. The number of thioether (sulfide) groups is 1. The Balaban J connectivity index is 1.65. The number of pyridine rings is 1. The molecule has 1 amide bonds. The highest BCUT2D eigenvalue weighted by molar-refractivity contribution is 7.99. The molecule has 0 radical (unpaired) electrons. The third-order valence-electron chi connectivity index (χ3n) is 5.83. The van der Waals surface area contributed by atoms with Gasteiger partial charge in [-0.3, -0.25) is 4.79 Å². The lowest BCUT2D eigenvalue weighted by molar-refractivity contribution is 0.0715. The zero-order chi connectivity index (χ0) is 21.8. The molecule has 1 aromatic carbocycles. The third kappa shape index (κ3) is 4.95. The zero-order valence-corrected chi connectivity index (χ0v) is 19.6. The van der Waals surface area contributed by atoms with E-state index in [9.17, 15) is 4.79 Å². The lowest BCUT2D eigenvalue weighted by Crippen LogP contribution is -2.35. The molecular weight excluding hydrogens is 404 g/mol. The Morgan fingerprint density at radius 1 is 1.19 bits per heavy atom.